The van der Waals surface area contributed by atoms with Crippen LogP contribution in [0.25, 0.3) is 33.4 Å². The molecule has 0 saturated heterocycles. The zero-order chi connectivity index (χ0) is 46.2. The van der Waals surface area contributed by atoms with Crippen LogP contribution in [-0.2, 0) is 38.3 Å². The predicted octanol–water partition coefficient (Wildman–Crippen LogP) is 12.7. The molecule has 0 bridgehead atoms. The van der Waals surface area contributed by atoms with E-state index in [-0.39, 0.29) is 38.9 Å². The van der Waals surface area contributed by atoms with Gasteiger partial charge < -0.3 is 24.4 Å². The van der Waals surface area contributed by atoms with Gasteiger partial charge in [-0.05, 0) is 152 Å². The first-order valence-electron chi connectivity index (χ1n) is 23.5. The third-order valence-corrected chi connectivity index (χ3v) is 12.8. The molecule has 8 heteroatoms. The molecule has 1 fully saturated rings. The van der Waals surface area contributed by atoms with Crippen molar-refractivity contribution in [2.75, 3.05) is 33.0 Å². The Morgan fingerprint density at radius 3 is 1.73 bits per heavy atom. The first-order chi connectivity index (χ1) is 30.8. The van der Waals surface area contributed by atoms with Gasteiger partial charge >= 0.3 is 11.9 Å². The minimum absolute atomic E-state index is 0.0547. The monoisotopic (exact) mass is 875 g/mol. The van der Waals surface area contributed by atoms with Crippen molar-refractivity contribution in [1.82, 2.24) is 0 Å². The number of hydrogen-bond acceptors (Lipinski definition) is 7. The number of hydrogen-bond donors (Lipinski definition) is 2. The fourth-order valence-corrected chi connectivity index (χ4v) is 8.62. The van der Waals surface area contributed by atoms with Gasteiger partial charge in [-0.25, -0.2) is 14.0 Å². The number of ether oxygens (including phenoxy) is 3. The Balaban J connectivity index is 1.41. The Bertz CT molecular complexity index is 2140. The van der Waals surface area contributed by atoms with Crippen molar-refractivity contribution in [1.29, 1.82) is 0 Å². The van der Waals surface area contributed by atoms with Crippen molar-refractivity contribution in [3.8, 4) is 39.1 Å². The van der Waals surface area contributed by atoms with Gasteiger partial charge in [0, 0.05) is 22.1 Å². The van der Waals surface area contributed by atoms with Crippen LogP contribution < -0.4 is 4.74 Å². The molecule has 1 aliphatic rings. The minimum atomic E-state index is -0.891. The molecular formula is C56H71FO7. The summed E-state index contributed by atoms with van der Waals surface area (Å²) in [5.74, 6) is 0.911. The summed E-state index contributed by atoms with van der Waals surface area (Å²) in [5.41, 5.74) is 8.97. The molecule has 0 radical (unpaired) electrons. The normalized spacial score (nSPS) is 15.1. The topological polar surface area (TPSA) is 102 Å². The molecule has 2 N–H and O–H groups in total. The molecule has 5 rings (SSSR count). The molecule has 4 aromatic carbocycles. The fourth-order valence-electron chi connectivity index (χ4n) is 8.62. The molecular weight excluding hydrogens is 804 g/mol. The van der Waals surface area contributed by atoms with E-state index in [0.717, 1.165) is 50.4 Å². The van der Waals surface area contributed by atoms with Gasteiger partial charge in [0.2, 0.25) is 0 Å². The lowest BCUT2D eigenvalue weighted by Gasteiger charge is -2.29. The molecule has 0 aromatic heterocycles. The number of rotatable bonds is 24. The van der Waals surface area contributed by atoms with Gasteiger partial charge in [-0.2, -0.15) is 0 Å². The Kier molecular flexibility index (Phi) is 19.0. The van der Waals surface area contributed by atoms with Crippen molar-refractivity contribution in [2.45, 2.75) is 124 Å². The van der Waals surface area contributed by atoms with Crippen LogP contribution in [0.3, 0.4) is 0 Å². The highest BCUT2D eigenvalue weighted by Gasteiger charge is 2.26. The van der Waals surface area contributed by atoms with E-state index in [4.69, 9.17) is 14.2 Å². The lowest BCUT2D eigenvalue weighted by molar-refractivity contribution is -0.139. The molecule has 1 saturated carbocycles. The molecule has 344 valence electrons. The molecule has 0 spiro atoms. The number of esters is 2. The molecule has 1 aliphatic carbocycles. The lowest BCUT2D eigenvalue weighted by atomic mass is 9.77. The van der Waals surface area contributed by atoms with Crippen molar-refractivity contribution in [3.05, 3.63) is 125 Å². The van der Waals surface area contributed by atoms with Gasteiger partial charge in [-0.1, -0.05) is 114 Å². The highest BCUT2D eigenvalue weighted by atomic mass is 19.1. The Morgan fingerprint density at radius 1 is 0.688 bits per heavy atom. The highest BCUT2D eigenvalue weighted by molar-refractivity contribution is 5.87. The molecule has 4 aromatic rings. The van der Waals surface area contributed by atoms with E-state index in [1.54, 1.807) is 26.8 Å². The second kappa shape index (κ2) is 24.3. The molecule has 0 unspecified atom stereocenters. The largest absolute Gasteiger partial charge is 0.492 e. The molecule has 0 aliphatic heterocycles. The summed E-state index contributed by atoms with van der Waals surface area (Å²) in [6.45, 7) is 16.5. The van der Waals surface area contributed by atoms with E-state index >= 15 is 4.39 Å². The summed E-state index contributed by atoms with van der Waals surface area (Å²) in [4.78, 5) is 24.3. The van der Waals surface area contributed by atoms with Crippen LogP contribution >= 0.6 is 0 Å². The number of benzene rings is 4. The SMILES string of the molecule is C=C(C)C(=O)OCCCc1cc(-c2ccc(-c3ccc(-c4ccc(C5CCC(CCCCC)CC5)cc4)cc3F)c(CC)c2)cc(CCCOC(=O)C(=C)C)c1OCC(C)(CO)CO. The number of halogens is 1. The van der Waals surface area contributed by atoms with E-state index < -0.39 is 17.4 Å². The van der Waals surface area contributed by atoms with Gasteiger partial charge in [0.1, 0.15) is 11.6 Å². The number of unbranched alkanes of at least 4 members (excludes halogenated alkanes) is 2. The minimum Gasteiger partial charge on any atom is -0.492 e. The van der Waals surface area contributed by atoms with Crippen LogP contribution in [0.1, 0.15) is 127 Å². The van der Waals surface area contributed by atoms with Crippen LogP contribution in [0.5, 0.6) is 5.75 Å². The lowest BCUT2D eigenvalue weighted by Crippen LogP contribution is -2.33. The van der Waals surface area contributed by atoms with E-state index in [1.807, 2.05) is 24.3 Å². The summed E-state index contributed by atoms with van der Waals surface area (Å²) >= 11 is 0. The van der Waals surface area contributed by atoms with E-state index in [1.165, 1.54) is 56.9 Å². The third-order valence-electron chi connectivity index (χ3n) is 12.8. The summed E-state index contributed by atoms with van der Waals surface area (Å²) in [7, 11) is 0. The van der Waals surface area contributed by atoms with Gasteiger partial charge in [0.15, 0.2) is 0 Å². The summed E-state index contributed by atoms with van der Waals surface area (Å²) < 4.78 is 33.5. The standard InChI is InChI=1S/C56H71FO7/c1-8-10-11-14-40-17-19-42(20-18-40)43-21-23-44(24-22-43)46-26-28-51(52(57)34-46)50-27-25-45(31-41(50)9-2)49-32-47(15-12-29-62-54(60)38(3)4)53(64-37-56(7,35-58)36-59)48(33-49)16-13-30-63-55(61)39(5)6/h21-28,31-34,40,42,58-59H,3,5,8-20,29-30,35-37H2,1-2,4,6-7H3. The van der Waals surface area contributed by atoms with Crippen molar-refractivity contribution < 1.29 is 38.4 Å². The predicted molar refractivity (Wildman–Crippen MR) is 257 cm³/mol. The Morgan fingerprint density at radius 2 is 1.22 bits per heavy atom. The molecule has 0 atom stereocenters. The van der Waals surface area contributed by atoms with Crippen LogP contribution in [0.15, 0.2) is 97.1 Å². The van der Waals surface area contributed by atoms with Gasteiger partial charge in [-0.3, -0.25) is 0 Å². The van der Waals surface area contributed by atoms with Crippen molar-refractivity contribution in [3.63, 3.8) is 0 Å². The van der Waals surface area contributed by atoms with Crippen LogP contribution in [-0.4, -0.2) is 55.2 Å². The summed E-state index contributed by atoms with van der Waals surface area (Å²) in [5, 5.41) is 20.2. The maximum absolute atomic E-state index is 16.2. The van der Waals surface area contributed by atoms with Gasteiger partial charge in [-0.15, -0.1) is 0 Å². The zero-order valence-corrected chi connectivity index (χ0v) is 39.0. The van der Waals surface area contributed by atoms with Crippen LogP contribution in [0, 0.1) is 17.2 Å². The summed E-state index contributed by atoms with van der Waals surface area (Å²) in [6.07, 6.45) is 13.2. The van der Waals surface area contributed by atoms with Gasteiger partial charge in [0.05, 0.1) is 33.0 Å². The molecule has 0 amide bonds. The van der Waals surface area contributed by atoms with E-state index in [0.29, 0.717) is 60.5 Å². The van der Waals surface area contributed by atoms with Crippen LogP contribution in [0.4, 0.5) is 4.39 Å². The number of aliphatic hydroxyl groups is 2. The Hall–Kier alpha value is -5.05. The second-order valence-electron chi connectivity index (χ2n) is 18.3. The average Bonchev–Trinajstić information content (AvgIpc) is 3.31. The first kappa shape index (κ1) is 50.0. The zero-order valence-electron chi connectivity index (χ0n) is 39.0. The third kappa shape index (κ3) is 13.7. The fraction of sp³-hybridized carbons (Fsp3) is 0.464. The summed E-state index contributed by atoms with van der Waals surface area (Å²) in [6, 6.07) is 24.6. The quantitative estimate of drug-likeness (QED) is 0.0411. The average molecular weight is 875 g/mol. The molecule has 7 nitrogen and oxygen atoms in total. The van der Waals surface area contributed by atoms with Crippen molar-refractivity contribution >= 4 is 11.9 Å². The first-order valence-corrected chi connectivity index (χ1v) is 23.5. The highest BCUT2D eigenvalue weighted by Crippen LogP contribution is 2.40. The number of aliphatic hydroxyl groups excluding tert-OH is 2. The van der Waals surface area contributed by atoms with E-state index in [2.05, 4.69) is 69.5 Å². The van der Waals surface area contributed by atoms with Crippen LogP contribution in [0.2, 0.25) is 0 Å². The molecule has 64 heavy (non-hydrogen) atoms. The number of aryl methyl sites for hydroxylation is 3. The Labute approximate surface area is 381 Å². The smallest absolute Gasteiger partial charge is 0.333 e. The number of carbonyl (C=O) groups is 2. The maximum Gasteiger partial charge on any atom is 0.333 e. The van der Waals surface area contributed by atoms with E-state index in [9.17, 15) is 19.8 Å². The van der Waals surface area contributed by atoms with Crippen molar-refractivity contribution in [2.24, 2.45) is 11.3 Å². The number of carbonyl (C=O) groups excluding carboxylic acids is 2. The second-order valence-corrected chi connectivity index (χ2v) is 18.3. The maximum atomic E-state index is 16.2. The van der Waals surface area contributed by atoms with Gasteiger partial charge in [0.25, 0.3) is 0 Å². The molecule has 0 heterocycles.